The molecule has 1 amide bonds. The summed E-state index contributed by atoms with van der Waals surface area (Å²) in [5.41, 5.74) is 1.31. The fourth-order valence-electron chi connectivity index (χ4n) is 2.03. The second-order valence-corrected chi connectivity index (χ2v) is 4.32. The van der Waals surface area contributed by atoms with Gasteiger partial charge in [0.15, 0.2) is 0 Å². The Balaban J connectivity index is 1.92. The maximum absolute atomic E-state index is 10.8. The molecule has 3 heteroatoms. The van der Waals surface area contributed by atoms with Gasteiger partial charge in [-0.25, -0.2) is 0 Å². The molecule has 1 aliphatic rings. The number of carbonyl (C=O) groups excluding carboxylic acids is 1. The van der Waals surface area contributed by atoms with Crippen LogP contribution in [0.1, 0.15) is 24.8 Å². The predicted octanol–water partition coefficient (Wildman–Crippen LogP) is 1.93. The zero-order valence-corrected chi connectivity index (χ0v) is 9.69. The quantitative estimate of drug-likeness (QED) is 0.840. The summed E-state index contributed by atoms with van der Waals surface area (Å²) in [4.78, 5) is 10.8. The van der Waals surface area contributed by atoms with Crippen molar-refractivity contribution in [3.8, 4) is 5.75 Å². The number of amides is 1. The van der Waals surface area contributed by atoms with Crippen LogP contribution >= 0.6 is 0 Å². The summed E-state index contributed by atoms with van der Waals surface area (Å²) in [5.74, 6) is 2.14. The van der Waals surface area contributed by atoms with E-state index in [9.17, 15) is 4.79 Å². The molecule has 2 atom stereocenters. The van der Waals surface area contributed by atoms with Gasteiger partial charge in [0.05, 0.1) is 7.11 Å². The molecule has 2 rings (SSSR count). The van der Waals surface area contributed by atoms with Crippen molar-refractivity contribution >= 4 is 5.91 Å². The number of nitrogens with one attached hydrogen (secondary N) is 1. The number of methoxy groups -OCH3 is 1. The zero-order chi connectivity index (χ0) is 11.5. The molecule has 1 aliphatic carbocycles. The standard InChI is InChI=1S/C13H17NO2/c1-9(15)14-8-11-7-13(11)10-4-3-5-12(6-10)16-2/h3-6,11,13H,7-8H2,1-2H3,(H,14,15)/t11-,13-/m0/s1. The molecule has 0 unspecified atom stereocenters. The third-order valence-electron chi connectivity index (χ3n) is 3.06. The van der Waals surface area contributed by atoms with Crippen LogP contribution in [0.3, 0.4) is 0 Å². The molecule has 0 aliphatic heterocycles. The van der Waals surface area contributed by atoms with Crippen molar-refractivity contribution in [1.29, 1.82) is 0 Å². The Morgan fingerprint density at radius 3 is 3.06 bits per heavy atom. The van der Waals surface area contributed by atoms with Crippen molar-refractivity contribution < 1.29 is 9.53 Å². The molecular formula is C13H17NO2. The van der Waals surface area contributed by atoms with Crippen molar-refractivity contribution in [2.45, 2.75) is 19.3 Å². The Morgan fingerprint density at radius 2 is 2.38 bits per heavy atom. The topological polar surface area (TPSA) is 38.3 Å². The van der Waals surface area contributed by atoms with Gasteiger partial charge in [-0.2, -0.15) is 0 Å². The van der Waals surface area contributed by atoms with Gasteiger partial charge < -0.3 is 10.1 Å². The summed E-state index contributed by atoms with van der Waals surface area (Å²) in [6.07, 6.45) is 1.16. The lowest BCUT2D eigenvalue weighted by molar-refractivity contribution is -0.119. The van der Waals surface area contributed by atoms with Gasteiger partial charge in [0.2, 0.25) is 5.91 Å². The third kappa shape index (κ3) is 2.54. The largest absolute Gasteiger partial charge is 0.497 e. The molecule has 0 saturated heterocycles. The average Bonchev–Trinajstić information content (AvgIpc) is 3.06. The summed E-state index contributed by atoms with van der Waals surface area (Å²) in [6.45, 7) is 2.35. The molecule has 16 heavy (non-hydrogen) atoms. The maximum atomic E-state index is 10.8. The van der Waals surface area contributed by atoms with Gasteiger partial charge in [-0.1, -0.05) is 12.1 Å². The predicted molar refractivity (Wildman–Crippen MR) is 62.5 cm³/mol. The highest BCUT2D eigenvalue weighted by Crippen LogP contribution is 2.47. The molecule has 1 aromatic carbocycles. The molecule has 1 aromatic rings. The van der Waals surface area contributed by atoms with Crippen molar-refractivity contribution in [3.63, 3.8) is 0 Å². The zero-order valence-electron chi connectivity index (χ0n) is 9.69. The summed E-state index contributed by atoms with van der Waals surface area (Å²) < 4.78 is 5.20. The number of hydrogen-bond donors (Lipinski definition) is 1. The van der Waals surface area contributed by atoms with Crippen LogP contribution in [0.5, 0.6) is 5.75 Å². The second kappa shape index (κ2) is 4.56. The lowest BCUT2D eigenvalue weighted by Crippen LogP contribution is -2.22. The van der Waals surface area contributed by atoms with Crippen molar-refractivity contribution in [1.82, 2.24) is 5.32 Å². The van der Waals surface area contributed by atoms with Crippen LogP contribution in [-0.4, -0.2) is 19.6 Å². The highest BCUT2D eigenvalue weighted by molar-refractivity contribution is 5.72. The van der Waals surface area contributed by atoms with E-state index in [4.69, 9.17) is 4.74 Å². The third-order valence-corrected chi connectivity index (χ3v) is 3.06. The number of benzene rings is 1. The molecule has 0 heterocycles. The highest BCUT2D eigenvalue weighted by atomic mass is 16.5. The molecule has 86 valence electrons. The fraction of sp³-hybridized carbons (Fsp3) is 0.462. The van der Waals surface area contributed by atoms with E-state index in [0.717, 1.165) is 18.7 Å². The van der Waals surface area contributed by atoms with Crippen LogP contribution in [0, 0.1) is 5.92 Å². The lowest BCUT2D eigenvalue weighted by atomic mass is 10.1. The minimum absolute atomic E-state index is 0.0521. The normalized spacial score (nSPS) is 22.6. The van der Waals surface area contributed by atoms with Crippen LogP contribution in [0.15, 0.2) is 24.3 Å². The lowest BCUT2D eigenvalue weighted by Gasteiger charge is -2.04. The van der Waals surface area contributed by atoms with E-state index in [0.29, 0.717) is 11.8 Å². The average molecular weight is 219 g/mol. The molecule has 0 bridgehead atoms. The van der Waals surface area contributed by atoms with Crippen LogP contribution in [0.2, 0.25) is 0 Å². The summed E-state index contributed by atoms with van der Waals surface area (Å²) in [6, 6.07) is 8.18. The van der Waals surface area contributed by atoms with E-state index in [1.807, 2.05) is 12.1 Å². The molecule has 0 radical (unpaired) electrons. The Kier molecular flexibility index (Phi) is 3.13. The first-order valence-corrected chi connectivity index (χ1v) is 5.59. The summed E-state index contributed by atoms with van der Waals surface area (Å²) >= 11 is 0. The number of rotatable bonds is 4. The molecule has 1 N–H and O–H groups in total. The Bertz CT molecular complexity index is 389. The van der Waals surface area contributed by atoms with E-state index < -0.39 is 0 Å². The monoisotopic (exact) mass is 219 g/mol. The molecule has 0 spiro atoms. The van der Waals surface area contributed by atoms with Gasteiger partial charge in [-0.05, 0) is 36.0 Å². The Morgan fingerprint density at radius 1 is 1.56 bits per heavy atom. The first-order valence-electron chi connectivity index (χ1n) is 5.59. The number of carbonyl (C=O) groups is 1. The minimum atomic E-state index is 0.0521. The molecule has 1 fully saturated rings. The Hall–Kier alpha value is -1.51. The van der Waals surface area contributed by atoms with Crippen LogP contribution in [0.4, 0.5) is 0 Å². The van der Waals surface area contributed by atoms with Gasteiger partial charge in [-0.15, -0.1) is 0 Å². The molecule has 0 aromatic heterocycles. The van der Waals surface area contributed by atoms with E-state index in [-0.39, 0.29) is 5.91 Å². The van der Waals surface area contributed by atoms with Crippen LogP contribution in [0.25, 0.3) is 0 Å². The van der Waals surface area contributed by atoms with Crippen molar-refractivity contribution in [2.24, 2.45) is 5.92 Å². The van der Waals surface area contributed by atoms with E-state index in [1.54, 1.807) is 14.0 Å². The first kappa shape index (κ1) is 11.0. The summed E-state index contributed by atoms with van der Waals surface area (Å²) in [7, 11) is 1.68. The SMILES string of the molecule is COc1cccc([C@@H]2C[C@H]2CNC(C)=O)c1. The minimum Gasteiger partial charge on any atom is -0.497 e. The van der Waals surface area contributed by atoms with Gasteiger partial charge in [0.25, 0.3) is 0 Å². The maximum Gasteiger partial charge on any atom is 0.216 e. The number of hydrogen-bond acceptors (Lipinski definition) is 2. The first-order chi connectivity index (χ1) is 7.70. The van der Waals surface area contributed by atoms with Gasteiger partial charge in [0.1, 0.15) is 5.75 Å². The Labute approximate surface area is 95.8 Å². The van der Waals surface area contributed by atoms with Gasteiger partial charge in [0, 0.05) is 13.5 Å². The second-order valence-electron chi connectivity index (χ2n) is 4.32. The molecule has 1 saturated carbocycles. The van der Waals surface area contributed by atoms with Gasteiger partial charge in [-0.3, -0.25) is 4.79 Å². The summed E-state index contributed by atoms with van der Waals surface area (Å²) in [5, 5.41) is 2.87. The molecular weight excluding hydrogens is 202 g/mol. The fourth-order valence-corrected chi connectivity index (χ4v) is 2.03. The van der Waals surface area contributed by atoms with Gasteiger partial charge >= 0.3 is 0 Å². The van der Waals surface area contributed by atoms with Crippen LogP contribution in [-0.2, 0) is 4.79 Å². The van der Waals surface area contributed by atoms with Crippen LogP contribution < -0.4 is 10.1 Å². The van der Waals surface area contributed by atoms with Crippen molar-refractivity contribution in [3.05, 3.63) is 29.8 Å². The van der Waals surface area contributed by atoms with E-state index >= 15 is 0 Å². The van der Waals surface area contributed by atoms with E-state index in [2.05, 4.69) is 17.4 Å². The number of ether oxygens (including phenoxy) is 1. The highest BCUT2D eigenvalue weighted by Gasteiger charge is 2.38. The van der Waals surface area contributed by atoms with E-state index in [1.165, 1.54) is 5.56 Å². The molecule has 3 nitrogen and oxygen atoms in total. The van der Waals surface area contributed by atoms with Crippen molar-refractivity contribution in [2.75, 3.05) is 13.7 Å². The smallest absolute Gasteiger partial charge is 0.216 e.